The van der Waals surface area contributed by atoms with Crippen LogP contribution in [0.25, 0.3) is 10.4 Å². The van der Waals surface area contributed by atoms with Gasteiger partial charge in [-0.3, -0.25) is 14.7 Å². The number of hydrogen-bond acceptors (Lipinski definition) is 5. The fourth-order valence-electron chi connectivity index (χ4n) is 2.20. The van der Waals surface area contributed by atoms with Crippen LogP contribution in [0.1, 0.15) is 6.92 Å². The van der Waals surface area contributed by atoms with E-state index in [0.717, 1.165) is 15.4 Å². The van der Waals surface area contributed by atoms with Gasteiger partial charge in [0.1, 0.15) is 11.1 Å². The highest BCUT2D eigenvalue weighted by Crippen LogP contribution is 2.35. The monoisotopic (exact) mass is 317 g/mol. The summed E-state index contributed by atoms with van der Waals surface area (Å²) in [5, 5.41) is 3.49. The van der Waals surface area contributed by atoms with E-state index in [0.29, 0.717) is 13.1 Å². The highest BCUT2D eigenvalue weighted by Gasteiger charge is 2.33. The summed E-state index contributed by atoms with van der Waals surface area (Å²) in [4.78, 5) is 29.6. The normalized spacial score (nSPS) is 17.4. The van der Waals surface area contributed by atoms with Crippen molar-refractivity contribution in [2.45, 2.75) is 13.0 Å². The molecule has 0 aliphatic carbocycles. The van der Waals surface area contributed by atoms with Gasteiger partial charge in [0.25, 0.3) is 0 Å². The number of cyclic esters (lactones) is 1. The number of carbonyl (C=O) groups is 2. The Morgan fingerprint density at radius 2 is 2.36 bits per heavy atom. The fraction of sp³-hybridized carbons (Fsp3) is 0.267. The van der Waals surface area contributed by atoms with E-state index < -0.39 is 0 Å². The van der Waals surface area contributed by atoms with Crippen LogP contribution in [0.4, 0.5) is 9.80 Å². The maximum atomic E-state index is 12.0. The summed E-state index contributed by atoms with van der Waals surface area (Å²) < 4.78 is 5.26. The van der Waals surface area contributed by atoms with Crippen molar-refractivity contribution in [1.29, 1.82) is 0 Å². The fourth-order valence-corrected chi connectivity index (χ4v) is 3.20. The zero-order valence-electron chi connectivity index (χ0n) is 12.0. The van der Waals surface area contributed by atoms with Gasteiger partial charge >= 0.3 is 6.09 Å². The van der Waals surface area contributed by atoms with Crippen LogP contribution in [0.5, 0.6) is 0 Å². The molecule has 7 heteroatoms. The summed E-state index contributed by atoms with van der Waals surface area (Å²) in [5.41, 5.74) is 1.01. The van der Waals surface area contributed by atoms with Crippen LogP contribution < -0.4 is 10.2 Å². The molecule has 0 bridgehead atoms. The van der Waals surface area contributed by atoms with E-state index in [4.69, 9.17) is 4.74 Å². The first-order valence-corrected chi connectivity index (χ1v) is 7.68. The van der Waals surface area contributed by atoms with Crippen molar-refractivity contribution < 1.29 is 14.3 Å². The second-order valence-electron chi connectivity index (χ2n) is 4.93. The molecule has 1 N–H and O–H groups in total. The lowest BCUT2D eigenvalue weighted by Crippen LogP contribution is -2.33. The number of nitrogens with zero attached hydrogens (tertiary/aromatic N) is 2. The molecule has 2 aromatic heterocycles. The number of ether oxygens (including phenoxy) is 1. The minimum Gasteiger partial charge on any atom is -0.442 e. The third kappa shape index (κ3) is 3.09. The maximum Gasteiger partial charge on any atom is 0.415 e. The number of thiophene rings is 1. The van der Waals surface area contributed by atoms with Gasteiger partial charge in [0.2, 0.25) is 5.91 Å². The molecule has 0 unspecified atom stereocenters. The first-order chi connectivity index (χ1) is 10.6. The minimum atomic E-state index is -0.380. The number of amides is 2. The van der Waals surface area contributed by atoms with Gasteiger partial charge in [0, 0.05) is 29.8 Å². The second-order valence-corrected chi connectivity index (χ2v) is 6.00. The van der Waals surface area contributed by atoms with Gasteiger partial charge in [0.15, 0.2) is 0 Å². The average Bonchev–Trinajstić information content (AvgIpc) is 3.12. The SMILES string of the molecule is CC(=O)NC[C@H]1CN(c2ccc(-c3cccnc3)s2)C(=O)O1. The van der Waals surface area contributed by atoms with Gasteiger partial charge in [-0.2, -0.15) is 0 Å². The van der Waals surface area contributed by atoms with E-state index in [1.807, 2.05) is 24.3 Å². The van der Waals surface area contributed by atoms with Gasteiger partial charge in [-0.25, -0.2) is 4.79 Å². The molecule has 22 heavy (non-hydrogen) atoms. The van der Waals surface area contributed by atoms with E-state index in [-0.39, 0.29) is 18.1 Å². The van der Waals surface area contributed by atoms with Gasteiger partial charge in [0.05, 0.1) is 13.1 Å². The Morgan fingerprint density at radius 1 is 1.50 bits per heavy atom. The molecule has 114 valence electrons. The number of pyridine rings is 1. The van der Waals surface area contributed by atoms with Crippen molar-refractivity contribution in [3.05, 3.63) is 36.7 Å². The van der Waals surface area contributed by atoms with E-state index in [9.17, 15) is 9.59 Å². The third-order valence-corrected chi connectivity index (χ3v) is 4.41. The molecular weight excluding hydrogens is 302 g/mol. The lowest BCUT2D eigenvalue weighted by Gasteiger charge is -2.10. The number of rotatable bonds is 4. The van der Waals surface area contributed by atoms with Gasteiger partial charge in [-0.05, 0) is 18.2 Å². The minimum absolute atomic E-state index is 0.135. The molecule has 1 fully saturated rings. The van der Waals surface area contributed by atoms with Crippen molar-refractivity contribution in [3.8, 4) is 10.4 Å². The number of carbonyl (C=O) groups excluding carboxylic acids is 2. The molecule has 6 nitrogen and oxygen atoms in total. The number of anilines is 1. The molecule has 2 aromatic rings. The molecule has 0 radical (unpaired) electrons. The molecule has 1 aliphatic heterocycles. The van der Waals surface area contributed by atoms with Crippen LogP contribution in [0.2, 0.25) is 0 Å². The average molecular weight is 317 g/mol. The molecule has 1 atom stereocenters. The number of hydrogen-bond donors (Lipinski definition) is 1. The van der Waals surface area contributed by atoms with Gasteiger partial charge in [-0.1, -0.05) is 6.07 Å². The van der Waals surface area contributed by atoms with Crippen LogP contribution >= 0.6 is 11.3 Å². The molecule has 0 spiro atoms. The van der Waals surface area contributed by atoms with Crippen molar-refractivity contribution in [3.63, 3.8) is 0 Å². The van der Waals surface area contributed by atoms with E-state index in [2.05, 4.69) is 10.3 Å². The third-order valence-electron chi connectivity index (χ3n) is 3.26. The highest BCUT2D eigenvalue weighted by molar-refractivity contribution is 7.19. The zero-order chi connectivity index (χ0) is 15.5. The molecule has 0 aromatic carbocycles. The van der Waals surface area contributed by atoms with E-state index >= 15 is 0 Å². The molecular formula is C15H15N3O3S. The van der Waals surface area contributed by atoms with Crippen LogP contribution in [0, 0.1) is 0 Å². The van der Waals surface area contributed by atoms with Crippen molar-refractivity contribution >= 4 is 28.3 Å². The topological polar surface area (TPSA) is 71.5 Å². The molecule has 2 amide bonds. The Balaban J connectivity index is 1.71. The quantitative estimate of drug-likeness (QED) is 0.939. The molecule has 1 saturated heterocycles. The Hall–Kier alpha value is -2.41. The predicted octanol–water partition coefficient (Wildman–Crippen LogP) is 2.27. The Morgan fingerprint density at radius 3 is 3.09 bits per heavy atom. The number of aromatic nitrogens is 1. The molecule has 3 heterocycles. The van der Waals surface area contributed by atoms with Crippen LogP contribution in [0.15, 0.2) is 36.7 Å². The summed E-state index contributed by atoms with van der Waals surface area (Å²) in [6, 6.07) is 7.72. The first-order valence-electron chi connectivity index (χ1n) is 6.86. The van der Waals surface area contributed by atoms with Crippen LogP contribution in [-0.2, 0) is 9.53 Å². The zero-order valence-corrected chi connectivity index (χ0v) is 12.8. The maximum absolute atomic E-state index is 12.0. The van der Waals surface area contributed by atoms with E-state index in [1.165, 1.54) is 18.3 Å². The van der Waals surface area contributed by atoms with Crippen molar-refractivity contribution in [1.82, 2.24) is 10.3 Å². The summed E-state index contributed by atoms with van der Waals surface area (Å²) in [7, 11) is 0. The standard InChI is InChI=1S/C15H15N3O3S/c1-10(19)17-8-12-9-18(15(20)21-12)14-5-4-13(22-14)11-3-2-6-16-7-11/h2-7,12H,8-9H2,1H3,(H,17,19)/t12-/m0/s1. The Labute approximate surface area is 131 Å². The smallest absolute Gasteiger partial charge is 0.415 e. The Kier molecular flexibility index (Phi) is 4.06. The molecule has 3 rings (SSSR count). The number of nitrogens with one attached hydrogen (secondary N) is 1. The summed E-state index contributed by atoms with van der Waals surface area (Å²) >= 11 is 1.51. The summed E-state index contributed by atoms with van der Waals surface area (Å²) in [5.74, 6) is -0.135. The molecule has 1 aliphatic rings. The lowest BCUT2D eigenvalue weighted by atomic mass is 10.2. The Bertz CT molecular complexity index is 686. The van der Waals surface area contributed by atoms with Gasteiger partial charge in [-0.15, -0.1) is 11.3 Å². The lowest BCUT2D eigenvalue weighted by molar-refractivity contribution is -0.119. The first kappa shape index (κ1) is 14.5. The van der Waals surface area contributed by atoms with Crippen molar-refractivity contribution in [2.24, 2.45) is 0 Å². The second kappa shape index (κ2) is 6.15. The highest BCUT2D eigenvalue weighted by atomic mass is 32.1. The van der Waals surface area contributed by atoms with Crippen molar-refractivity contribution in [2.75, 3.05) is 18.0 Å². The largest absolute Gasteiger partial charge is 0.442 e. The molecule has 0 saturated carbocycles. The van der Waals surface area contributed by atoms with Crippen LogP contribution in [0.3, 0.4) is 0 Å². The van der Waals surface area contributed by atoms with E-state index in [1.54, 1.807) is 17.3 Å². The summed E-state index contributed by atoms with van der Waals surface area (Å²) in [6.45, 7) is 2.21. The van der Waals surface area contributed by atoms with Gasteiger partial charge < -0.3 is 10.1 Å². The predicted molar refractivity (Wildman–Crippen MR) is 83.8 cm³/mol. The summed E-state index contributed by atoms with van der Waals surface area (Å²) in [6.07, 6.45) is 2.82. The van der Waals surface area contributed by atoms with Crippen LogP contribution in [-0.4, -0.2) is 36.2 Å².